The summed E-state index contributed by atoms with van der Waals surface area (Å²) in [6.07, 6.45) is 3.63. The van der Waals surface area contributed by atoms with Crippen molar-refractivity contribution in [2.75, 3.05) is 16.8 Å². The Morgan fingerprint density at radius 2 is 2.08 bits per heavy atom. The van der Waals surface area contributed by atoms with Crippen LogP contribution >= 0.6 is 46.5 Å². The van der Waals surface area contributed by atoms with Gasteiger partial charge in [-0.1, -0.05) is 65.5 Å². The lowest BCUT2D eigenvalue weighted by atomic mass is 10.2. The summed E-state index contributed by atoms with van der Waals surface area (Å²) in [6, 6.07) is 7.68. The second-order valence-corrected chi connectivity index (χ2v) is 8.97. The van der Waals surface area contributed by atoms with E-state index >= 15 is 0 Å². The number of nitrogens with one attached hydrogen (secondary N) is 1. The maximum Gasteiger partial charge on any atom is 0.236 e. The quantitative estimate of drug-likeness (QED) is 0.429. The molecule has 0 bridgehead atoms. The number of thioether (sulfide) groups is 2. The van der Waals surface area contributed by atoms with E-state index in [1.165, 1.54) is 23.1 Å². The van der Waals surface area contributed by atoms with E-state index in [0.29, 0.717) is 16.7 Å². The van der Waals surface area contributed by atoms with Gasteiger partial charge in [-0.15, -0.1) is 10.2 Å². The molecule has 0 aliphatic heterocycles. The van der Waals surface area contributed by atoms with Gasteiger partial charge in [0.15, 0.2) is 9.50 Å². The Morgan fingerprint density at radius 3 is 2.85 bits per heavy atom. The van der Waals surface area contributed by atoms with Crippen molar-refractivity contribution in [2.24, 2.45) is 0 Å². The number of carbonyl (C=O) groups is 1. The molecule has 10 heteroatoms. The summed E-state index contributed by atoms with van der Waals surface area (Å²) in [5.41, 5.74) is 1.12. The Morgan fingerprint density at radius 1 is 1.27 bits per heavy atom. The van der Waals surface area contributed by atoms with Gasteiger partial charge in [0.25, 0.3) is 0 Å². The van der Waals surface area contributed by atoms with Crippen molar-refractivity contribution in [3.63, 3.8) is 0 Å². The average molecular weight is 426 g/mol. The van der Waals surface area contributed by atoms with Crippen LogP contribution in [0.5, 0.6) is 0 Å². The van der Waals surface area contributed by atoms with E-state index in [-0.39, 0.29) is 11.7 Å². The number of hydrogen-bond donors (Lipinski definition) is 1. The van der Waals surface area contributed by atoms with Crippen molar-refractivity contribution < 1.29 is 4.79 Å². The minimum atomic E-state index is -0.125. The van der Waals surface area contributed by atoms with Crippen LogP contribution < -0.4 is 5.32 Å². The molecule has 0 radical (unpaired) electrons. The molecule has 0 fully saturated rings. The number of rotatable bonds is 8. The van der Waals surface area contributed by atoms with E-state index in [0.717, 1.165) is 20.8 Å². The van der Waals surface area contributed by atoms with Crippen LogP contribution in [0, 0.1) is 0 Å². The molecule has 26 heavy (non-hydrogen) atoms. The molecule has 0 aliphatic carbocycles. The Labute approximate surface area is 168 Å². The third-order valence-electron chi connectivity index (χ3n) is 3.20. The van der Waals surface area contributed by atoms with E-state index in [1.807, 2.05) is 42.0 Å². The lowest BCUT2D eigenvalue weighted by Gasteiger charge is -2.07. The molecule has 6 nitrogen and oxygen atoms in total. The van der Waals surface area contributed by atoms with Gasteiger partial charge in [-0.25, -0.2) is 4.98 Å². The predicted octanol–water partition coefficient (Wildman–Crippen LogP) is 4.28. The van der Waals surface area contributed by atoms with Gasteiger partial charge in [0.1, 0.15) is 0 Å². The first kappa shape index (κ1) is 19.2. The number of imidazole rings is 1. The number of carbonyl (C=O) groups excluding carboxylic acids is 1. The number of nitrogens with zero attached hydrogens (tertiary/aromatic N) is 4. The zero-order valence-corrected chi connectivity index (χ0v) is 17.1. The average Bonchev–Trinajstić information content (AvgIpc) is 3.25. The van der Waals surface area contributed by atoms with Crippen molar-refractivity contribution in [3.8, 4) is 0 Å². The van der Waals surface area contributed by atoms with Gasteiger partial charge in [-0.2, -0.15) is 0 Å². The molecule has 3 rings (SSSR count). The zero-order valence-electron chi connectivity index (χ0n) is 13.9. The monoisotopic (exact) mass is 425 g/mol. The van der Waals surface area contributed by atoms with E-state index in [1.54, 1.807) is 18.0 Å². The number of benzene rings is 1. The van der Waals surface area contributed by atoms with E-state index in [2.05, 4.69) is 20.5 Å². The first-order valence-corrected chi connectivity index (χ1v) is 10.9. The fraction of sp³-hybridized carbons (Fsp3) is 0.250. The molecular formula is C16H16ClN5OS3. The normalized spacial score (nSPS) is 10.8. The molecule has 0 aliphatic rings. The van der Waals surface area contributed by atoms with Gasteiger partial charge in [0.05, 0.1) is 5.75 Å². The smallest absolute Gasteiger partial charge is 0.236 e. The maximum absolute atomic E-state index is 12.1. The lowest BCUT2D eigenvalue weighted by molar-refractivity contribution is -0.113. The number of aromatic nitrogens is 4. The molecule has 3 aromatic rings. The second kappa shape index (κ2) is 9.40. The molecule has 0 saturated carbocycles. The summed E-state index contributed by atoms with van der Waals surface area (Å²) < 4.78 is 2.86. The zero-order chi connectivity index (χ0) is 18.4. The van der Waals surface area contributed by atoms with Crippen LogP contribution in [0.2, 0.25) is 5.02 Å². The fourth-order valence-electron chi connectivity index (χ4n) is 2.07. The summed E-state index contributed by atoms with van der Waals surface area (Å²) in [4.78, 5) is 16.5. The van der Waals surface area contributed by atoms with Crippen LogP contribution in [0.3, 0.4) is 0 Å². The second-order valence-electron chi connectivity index (χ2n) is 5.11. The summed E-state index contributed by atoms with van der Waals surface area (Å²) in [7, 11) is 0. The molecule has 0 unspecified atom stereocenters. The number of halogens is 1. The van der Waals surface area contributed by atoms with Crippen LogP contribution in [0.15, 0.2) is 46.2 Å². The van der Waals surface area contributed by atoms with Crippen molar-refractivity contribution in [3.05, 3.63) is 47.2 Å². The highest BCUT2D eigenvalue weighted by atomic mass is 35.5. The van der Waals surface area contributed by atoms with E-state index in [9.17, 15) is 4.79 Å². The largest absolute Gasteiger partial charge is 0.322 e. The van der Waals surface area contributed by atoms with Gasteiger partial charge in [0.2, 0.25) is 11.0 Å². The number of hydrogen-bond acceptors (Lipinski definition) is 7. The Bertz CT molecular complexity index is 865. The first-order chi connectivity index (χ1) is 12.6. The van der Waals surface area contributed by atoms with Crippen LogP contribution in [-0.2, 0) is 11.3 Å². The Balaban J connectivity index is 1.53. The van der Waals surface area contributed by atoms with Crippen LogP contribution in [0.1, 0.15) is 12.5 Å². The van der Waals surface area contributed by atoms with Gasteiger partial charge in [0, 0.05) is 24.0 Å². The molecule has 1 N–H and O–H groups in total. The summed E-state index contributed by atoms with van der Waals surface area (Å²) >= 11 is 10.3. The van der Waals surface area contributed by atoms with Crippen LogP contribution in [0.4, 0.5) is 5.13 Å². The van der Waals surface area contributed by atoms with Crippen LogP contribution in [-0.4, -0.2) is 37.2 Å². The molecule has 0 atom stereocenters. The topological polar surface area (TPSA) is 72.7 Å². The molecule has 136 valence electrons. The highest BCUT2D eigenvalue weighted by molar-refractivity contribution is 8.01. The molecule has 2 aromatic heterocycles. The van der Waals surface area contributed by atoms with E-state index < -0.39 is 0 Å². The first-order valence-electron chi connectivity index (χ1n) is 7.78. The highest BCUT2D eigenvalue weighted by Gasteiger charge is 2.11. The van der Waals surface area contributed by atoms with Crippen molar-refractivity contribution >= 4 is 57.5 Å². The van der Waals surface area contributed by atoms with Crippen molar-refractivity contribution in [1.29, 1.82) is 0 Å². The standard InChI is InChI=1S/C16H16ClN5OS3/c1-2-24-16-21-20-14(26-16)19-13(23)10-25-15-18-7-8-22(15)9-11-3-5-12(17)6-4-11/h3-8H,2,9-10H2,1H3,(H,19,20,23). The van der Waals surface area contributed by atoms with Gasteiger partial charge >= 0.3 is 0 Å². The lowest BCUT2D eigenvalue weighted by Crippen LogP contribution is -2.14. The van der Waals surface area contributed by atoms with Gasteiger partial charge in [-0.05, 0) is 23.4 Å². The Hall–Kier alpha value is -1.55. The molecule has 0 spiro atoms. The highest BCUT2D eigenvalue weighted by Crippen LogP contribution is 2.25. The van der Waals surface area contributed by atoms with Gasteiger partial charge in [-0.3, -0.25) is 10.1 Å². The SMILES string of the molecule is CCSc1nnc(NC(=O)CSc2nccn2Cc2ccc(Cl)cc2)s1. The Kier molecular flexibility index (Phi) is 6.95. The third-order valence-corrected chi connectivity index (χ3v) is 6.31. The summed E-state index contributed by atoms with van der Waals surface area (Å²) in [5.74, 6) is 1.06. The van der Waals surface area contributed by atoms with Crippen molar-refractivity contribution in [2.45, 2.75) is 23.0 Å². The van der Waals surface area contributed by atoms with Gasteiger partial charge < -0.3 is 4.57 Å². The van der Waals surface area contributed by atoms with E-state index in [4.69, 9.17) is 11.6 Å². The molecular weight excluding hydrogens is 410 g/mol. The van der Waals surface area contributed by atoms with Crippen LogP contribution in [0.25, 0.3) is 0 Å². The predicted molar refractivity (Wildman–Crippen MR) is 108 cm³/mol. The number of amides is 1. The number of anilines is 1. The minimum absolute atomic E-state index is 0.125. The minimum Gasteiger partial charge on any atom is -0.322 e. The van der Waals surface area contributed by atoms with Crippen molar-refractivity contribution in [1.82, 2.24) is 19.7 Å². The molecule has 2 heterocycles. The molecule has 1 amide bonds. The maximum atomic E-state index is 12.1. The fourth-order valence-corrected chi connectivity index (χ4v) is 4.62. The third kappa shape index (κ3) is 5.47. The molecule has 0 saturated heterocycles. The summed E-state index contributed by atoms with van der Waals surface area (Å²) in [6.45, 7) is 2.72. The summed E-state index contributed by atoms with van der Waals surface area (Å²) in [5, 5.41) is 12.8. The molecule has 1 aromatic carbocycles.